The van der Waals surface area contributed by atoms with Crippen LogP contribution >= 0.6 is 0 Å². The molecule has 0 fully saturated rings. The van der Waals surface area contributed by atoms with E-state index >= 15 is 0 Å². The van der Waals surface area contributed by atoms with E-state index in [1.54, 1.807) is 0 Å². The van der Waals surface area contributed by atoms with E-state index in [-0.39, 0.29) is 5.92 Å². The number of Topliss-reactive ketones (excluding diaryl/α,β-unsaturated/α-hetero) is 1. The molecule has 1 aliphatic carbocycles. The van der Waals surface area contributed by atoms with Gasteiger partial charge in [-0.15, -0.1) is 0 Å². The van der Waals surface area contributed by atoms with Crippen LogP contribution in [0.2, 0.25) is 0 Å². The second-order valence-electron chi connectivity index (χ2n) is 5.49. The van der Waals surface area contributed by atoms with Gasteiger partial charge in [-0.05, 0) is 48.9 Å². The van der Waals surface area contributed by atoms with Crippen molar-refractivity contribution in [1.29, 1.82) is 0 Å². The van der Waals surface area contributed by atoms with Crippen molar-refractivity contribution in [2.45, 2.75) is 26.7 Å². The van der Waals surface area contributed by atoms with Gasteiger partial charge in [-0.1, -0.05) is 42.5 Å². The summed E-state index contributed by atoms with van der Waals surface area (Å²) >= 11 is 0. The molecule has 0 aromatic heterocycles. The number of hydrogen-bond donors (Lipinski definition) is 0. The minimum absolute atomic E-state index is 0.123. The summed E-state index contributed by atoms with van der Waals surface area (Å²) < 4.78 is 0. The monoisotopic (exact) mass is 250 g/mol. The van der Waals surface area contributed by atoms with Gasteiger partial charge >= 0.3 is 0 Å². The first-order chi connectivity index (χ1) is 9.16. The average Bonchev–Trinajstić information content (AvgIpc) is 2.73. The Hall–Kier alpha value is -1.89. The molecule has 0 saturated carbocycles. The predicted molar refractivity (Wildman–Crippen MR) is 77.6 cm³/mol. The molecule has 0 aliphatic heterocycles. The Bertz CT molecular complexity index is 640. The highest BCUT2D eigenvalue weighted by molar-refractivity contribution is 6.02. The average molecular weight is 250 g/mol. The maximum atomic E-state index is 12.4. The van der Waals surface area contributed by atoms with E-state index in [2.05, 4.69) is 38.1 Å². The largest absolute Gasteiger partial charge is 0.294 e. The van der Waals surface area contributed by atoms with Gasteiger partial charge in [-0.3, -0.25) is 4.79 Å². The molecule has 2 aromatic rings. The smallest absolute Gasteiger partial charge is 0.166 e. The van der Waals surface area contributed by atoms with Crippen molar-refractivity contribution in [3.05, 3.63) is 70.3 Å². The Morgan fingerprint density at radius 3 is 2.63 bits per heavy atom. The maximum absolute atomic E-state index is 12.4. The van der Waals surface area contributed by atoms with Crippen LogP contribution in [0.5, 0.6) is 0 Å². The zero-order valence-electron chi connectivity index (χ0n) is 11.4. The van der Waals surface area contributed by atoms with E-state index in [0.717, 1.165) is 18.4 Å². The normalized spacial score (nSPS) is 17.6. The Labute approximate surface area is 114 Å². The van der Waals surface area contributed by atoms with Crippen LogP contribution in [-0.2, 0) is 12.8 Å². The molecular weight excluding hydrogens is 232 g/mol. The first-order valence-electron chi connectivity index (χ1n) is 6.84. The molecule has 0 radical (unpaired) electrons. The van der Waals surface area contributed by atoms with Crippen molar-refractivity contribution in [2.75, 3.05) is 0 Å². The molecule has 1 unspecified atom stereocenters. The van der Waals surface area contributed by atoms with E-state index in [1.807, 2.05) is 18.2 Å². The number of carbonyl (C=O) groups excluding carboxylic acids is 1. The Kier molecular flexibility index (Phi) is 2.98. The van der Waals surface area contributed by atoms with Crippen LogP contribution < -0.4 is 0 Å². The molecule has 2 aromatic carbocycles. The molecule has 0 N–H and O–H groups in total. The van der Waals surface area contributed by atoms with Crippen molar-refractivity contribution in [3.8, 4) is 0 Å². The fourth-order valence-electron chi connectivity index (χ4n) is 2.98. The van der Waals surface area contributed by atoms with Gasteiger partial charge in [-0.2, -0.15) is 0 Å². The van der Waals surface area contributed by atoms with Crippen LogP contribution in [0, 0.1) is 19.8 Å². The molecule has 96 valence electrons. The number of aryl methyl sites for hydroxylation is 1. The van der Waals surface area contributed by atoms with Crippen LogP contribution in [0.3, 0.4) is 0 Å². The molecule has 3 rings (SSSR count). The zero-order chi connectivity index (χ0) is 13.4. The fraction of sp³-hybridized carbons (Fsp3) is 0.278. The van der Waals surface area contributed by atoms with Crippen molar-refractivity contribution in [3.63, 3.8) is 0 Å². The third kappa shape index (κ3) is 2.10. The van der Waals surface area contributed by atoms with Gasteiger partial charge in [0.2, 0.25) is 0 Å². The molecule has 1 aliphatic rings. The van der Waals surface area contributed by atoms with Crippen molar-refractivity contribution >= 4 is 5.78 Å². The molecule has 0 heterocycles. The first-order valence-corrected chi connectivity index (χ1v) is 6.84. The zero-order valence-corrected chi connectivity index (χ0v) is 11.4. The van der Waals surface area contributed by atoms with Gasteiger partial charge in [0.05, 0.1) is 0 Å². The fourth-order valence-corrected chi connectivity index (χ4v) is 2.98. The summed E-state index contributed by atoms with van der Waals surface area (Å²) in [5, 5.41) is 0. The van der Waals surface area contributed by atoms with Crippen molar-refractivity contribution in [1.82, 2.24) is 0 Å². The predicted octanol–water partition coefficient (Wildman–Crippen LogP) is 3.90. The number of rotatable bonds is 2. The van der Waals surface area contributed by atoms with Gasteiger partial charge in [0.25, 0.3) is 0 Å². The number of benzene rings is 2. The molecule has 1 heteroatoms. The lowest BCUT2D eigenvalue weighted by Crippen LogP contribution is -2.13. The molecule has 0 bridgehead atoms. The number of carbonyl (C=O) groups is 1. The number of ketones is 1. The summed E-state index contributed by atoms with van der Waals surface area (Å²) in [6.07, 6.45) is 1.75. The maximum Gasteiger partial charge on any atom is 0.166 e. The minimum atomic E-state index is 0.123. The molecule has 0 spiro atoms. The van der Waals surface area contributed by atoms with Gasteiger partial charge in [0.15, 0.2) is 5.78 Å². The van der Waals surface area contributed by atoms with Crippen molar-refractivity contribution < 1.29 is 4.79 Å². The third-order valence-corrected chi connectivity index (χ3v) is 4.30. The lowest BCUT2D eigenvalue weighted by Gasteiger charge is -2.12. The van der Waals surface area contributed by atoms with E-state index in [1.165, 1.54) is 22.3 Å². The molecular formula is C18H18O. The Balaban J connectivity index is 1.87. The second-order valence-corrected chi connectivity index (χ2v) is 5.49. The highest BCUT2D eigenvalue weighted by atomic mass is 16.1. The van der Waals surface area contributed by atoms with Crippen molar-refractivity contribution in [2.24, 2.45) is 5.92 Å². The summed E-state index contributed by atoms with van der Waals surface area (Å²) in [7, 11) is 0. The number of fused-ring (bicyclic) bond motifs is 1. The second kappa shape index (κ2) is 4.65. The van der Waals surface area contributed by atoms with Gasteiger partial charge in [0.1, 0.15) is 0 Å². The number of hydrogen-bond acceptors (Lipinski definition) is 1. The minimum Gasteiger partial charge on any atom is -0.294 e. The van der Waals surface area contributed by atoms with Crippen LogP contribution in [0.15, 0.2) is 42.5 Å². The summed E-state index contributed by atoms with van der Waals surface area (Å²) in [6, 6.07) is 14.4. The third-order valence-electron chi connectivity index (χ3n) is 4.30. The SMILES string of the molecule is Cc1cccc(CC2Cc3ccccc3C2=O)c1C. The highest BCUT2D eigenvalue weighted by Gasteiger charge is 2.30. The highest BCUT2D eigenvalue weighted by Crippen LogP contribution is 2.30. The molecule has 1 atom stereocenters. The van der Waals surface area contributed by atoms with E-state index in [0.29, 0.717) is 5.78 Å². The quantitative estimate of drug-likeness (QED) is 0.790. The van der Waals surface area contributed by atoms with Crippen LogP contribution in [-0.4, -0.2) is 5.78 Å². The van der Waals surface area contributed by atoms with Gasteiger partial charge in [0, 0.05) is 11.5 Å². The van der Waals surface area contributed by atoms with Gasteiger partial charge in [-0.25, -0.2) is 0 Å². The summed E-state index contributed by atoms with van der Waals surface area (Å²) in [5.74, 6) is 0.439. The standard InChI is InChI=1S/C18H18O/c1-12-6-5-8-14(13(12)2)10-16-11-15-7-3-4-9-17(15)18(16)19/h3-9,16H,10-11H2,1-2H3. The Morgan fingerprint density at radius 2 is 1.84 bits per heavy atom. The molecule has 19 heavy (non-hydrogen) atoms. The summed E-state index contributed by atoms with van der Waals surface area (Å²) in [5.41, 5.74) is 6.08. The van der Waals surface area contributed by atoms with E-state index in [9.17, 15) is 4.79 Å². The summed E-state index contributed by atoms with van der Waals surface area (Å²) in [4.78, 5) is 12.4. The molecule has 0 amide bonds. The van der Waals surface area contributed by atoms with Gasteiger partial charge < -0.3 is 0 Å². The van der Waals surface area contributed by atoms with E-state index in [4.69, 9.17) is 0 Å². The molecule has 0 saturated heterocycles. The Morgan fingerprint density at radius 1 is 1.05 bits per heavy atom. The summed E-state index contributed by atoms with van der Waals surface area (Å²) in [6.45, 7) is 4.28. The van der Waals surface area contributed by atoms with Crippen LogP contribution in [0.25, 0.3) is 0 Å². The molecule has 1 nitrogen and oxygen atoms in total. The lowest BCUT2D eigenvalue weighted by atomic mass is 9.91. The van der Waals surface area contributed by atoms with Crippen LogP contribution in [0.1, 0.15) is 32.6 Å². The first kappa shape index (κ1) is 12.2. The topological polar surface area (TPSA) is 17.1 Å². The van der Waals surface area contributed by atoms with E-state index < -0.39 is 0 Å². The van der Waals surface area contributed by atoms with Crippen LogP contribution in [0.4, 0.5) is 0 Å². The lowest BCUT2D eigenvalue weighted by molar-refractivity contribution is 0.0936.